The summed E-state index contributed by atoms with van der Waals surface area (Å²) in [7, 11) is 1.67. The molecule has 3 nitrogen and oxygen atoms in total. The minimum absolute atomic E-state index is 0.247. The highest BCUT2D eigenvalue weighted by molar-refractivity contribution is 5.74. The van der Waals surface area contributed by atoms with Crippen LogP contribution in [0.2, 0.25) is 0 Å². The number of methoxy groups -OCH3 is 1. The summed E-state index contributed by atoms with van der Waals surface area (Å²) < 4.78 is 7.65. The van der Waals surface area contributed by atoms with Crippen molar-refractivity contribution in [2.75, 3.05) is 7.11 Å². The second-order valence-electron chi connectivity index (χ2n) is 7.83. The van der Waals surface area contributed by atoms with E-state index in [1.54, 1.807) is 19.2 Å². The fourth-order valence-corrected chi connectivity index (χ4v) is 4.07. The summed E-state index contributed by atoms with van der Waals surface area (Å²) in [5.41, 5.74) is 7.53. The number of rotatable bonds is 5. The third kappa shape index (κ3) is 4.21. The number of nitrogens with zero attached hydrogens (tertiary/aromatic N) is 1. The summed E-state index contributed by atoms with van der Waals surface area (Å²) in [5, 5.41) is 9.89. The number of phenols is 1. The molecule has 1 aromatic heterocycles. The van der Waals surface area contributed by atoms with E-state index in [0.29, 0.717) is 0 Å². The van der Waals surface area contributed by atoms with Crippen LogP contribution in [0.25, 0.3) is 39.3 Å². The molecule has 0 atom stereocenters. The Morgan fingerprint density at radius 3 is 1.61 bits per heavy atom. The Kier molecular flexibility index (Phi) is 5.61. The zero-order valence-electron chi connectivity index (χ0n) is 18.3. The Balaban J connectivity index is 1.85. The average molecular weight is 431 g/mol. The molecule has 0 fully saturated rings. The van der Waals surface area contributed by atoms with E-state index in [4.69, 9.17) is 4.74 Å². The fraction of sp³-hybridized carbons (Fsp3) is 0.0333. The zero-order chi connectivity index (χ0) is 22.6. The lowest BCUT2D eigenvalue weighted by molar-refractivity contribution is -0.572. The van der Waals surface area contributed by atoms with Crippen LogP contribution in [0.15, 0.2) is 121 Å². The second kappa shape index (κ2) is 9.01. The number of hydrogen-bond donors (Lipinski definition) is 1. The molecule has 0 aliphatic heterocycles. The number of hydrogen-bond acceptors (Lipinski definition) is 2. The lowest BCUT2D eigenvalue weighted by atomic mass is 9.98. The molecule has 0 saturated heterocycles. The average Bonchev–Trinajstić information content (AvgIpc) is 2.89. The van der Waals surface area contributed by atoms with Crippen molar-refractivity contribution in [1.82, 2.24) is 0 Å². The van der Waals surface area contributed by atoms with Crippen LogP contribution in [0.3, 0.4) is 0 Å². The van der Waals surface area contributed by atoms with Crippen LogP contribution in [0.1, 0.15) is 0 Å². The molecule has 0 aliphatic carbocycles. The minimum Gasteiger partial charge on any atom is -0.508 e. The Morgan fingerprint density at radius 2 is 1.06 bits per heavy atom. The standard InChI is InChI=1S/C30H23NO2/c1-33-28-18-14-26(15-19-28)31-29(23-10-6-3-7-11-23)20-25(22-8-4-2-5-9-22)21-30(31)24-12-16-27(32)17-13-24/h2-21H,1H3/p+1. The first kappa shape index (κ1) is 20.5. The first-order chi connectivity index (χ1) is 16.2. The summed E-state index contributed by atoms with van der Waals surface area (Å²) in [6, 6.07) is 40.7. The molecular formula is C30H24NO2+. The zero-order valence-corrected chi connectivity index (χ0v) is 18.3. The molecule has 3 heteroatoms. The quantitative estimate of drug-likeness (QED) is 0.316. The lowest BCUT2D eigenvalue weighted by Crippen LogP contribution is -2.36. The highest BCUT2D eigenvalue weighted by Crippen LogP contribution is 2.31. The van der Waals surface area contributed by atoms with Gasteiger partial charge in [-0.15, -0.1) is 0 Å². The second-order valence-corrected chi connectivity index (χ2v) is 7.83. The number of aromatic hydroxyl groups is 1. The van der Waals surface area contributed by atoms with Crippen LogP contribution in [0, 0.1) is 0 Å². The van der Waals surface area contributed by atoms with Gasteiger partial charge >= 0.3 is 0 Å². The smallest absolute Gasteiger partial charge is 0.219 e. The maximum atomic E-state index is 9.89. The van der Waals surface area contributed by atoms with Crippen LogP contribution in [-0.4, -0.2) is 12.2 Å². The van der Waals surface area contributed by atoms with Crippen molar-refractivity contribution in [3.8, 4) is 50.8 Å². The number of aromatic nitrogens is 1. The molecule has 0 radical (unpaired) electrons. The highest BCUT2D eigenvalue weighted by atomic mass is 16.5. The van der Waals surface area contributed by atoms with Gasteiger partial charge in [0.15, 0.2) is 0 Å². The largest absolute Gasteiger partial charge is 0.508 e. The molecule has 0 spiro atoms. The predicted octanol–water partition coefficient (Wildman–Crippen LogP) is 6.68. The van der Waals surface area contributed by atoms with E-state index in [1.807, 2.05) is 36.4 Å². The van der Waals surface area contributed by atoms with Crippen LogP contribution in [-0.2, 0) is 0 Å². The van der Waals surface area contributed by atoms with E-state index < -0.39 is 0 Å². The van der Waals surface area contributed by atoms with Crippen molar-refractivity contribution in [3.05, 3.63) is 121 Å². The van der Waals surface area contributed by atoms with Gasteiger partial charge in [0.25, 0.3) is 0 Å². The number of phenolic OH excluding ortho intramolecular Hbond substituents is 1. The van der Waals surface area contributed by atoms with Crippen molar-refractivity contribution in [3.63, 3.8) is 0 Å². The van der Waals surface area contributed by atoms with Gasteiger partial charge in [-0.2, -0.15) is 4.57 Å². The van der Waals surface area contributed by atoms with Crippen molar-refractivity contribution in [1.29, 1.82) is 0 Å². The maximum absolute atomic E-state index is 9.89. The minimum atomic E-state index is 0.247. The van der Waals surface area contributed by atoms with Gasteiger partial charge in [-0.25, -0.2) is 0 Å². The monoisotopic (exact) mass is 430 g/mol. The van der Waals surface area contributed by atoms with Crippen molar-refractivity contribution < 1.29 is 14.4 Å². The molecule has 1 N–H and O–H groups in total. The van der Waals surface area contributed by atoms with Crippen LogP contribution in [0.5, 0.6) is 11.5 Å². The van der Waals surface area contributed by atoms with Crippen LogP contribution >= 0.6 is 0 Å². The number of pyridine rings is 1. The molecule has 0 amide bonds. The van der Waals surface area contributed by atoms with E-state index in [9.17, 15) is 5.11 Å². The SMILES string of the molecule is COc1ccc(-[n+]2c(-c3ccccc3)cc(-c3ccccc3)cc2-c2ccc(O)cc2)cc1. The summed E-state index contributed by atoms with van der Waals surface area (Å²) >= 11 is 0. The van der Waals surface area contributed by atoms with Gasteiger partial charge in [0.1, 0.15) is 11.5 Å². The molecule has 33 heavy (non-hydrogen) atoms. The molecule has 4 aromatic carbocycles. The Labute approximate surface area is 193 Å². The summed E-state index contributed by atoms with van der Waals surface area (Å²) in [6.45, 7) is 0. The van der Waals surface area contributed by atoms with Crippen molar-refractivity contribution in [2.45, 2.75) is 0 Å². The van der Waals surface area contributed by atoms with Gasteiger partial charge < -0.3 is 9.84 Å². The molecule has 0 aliphatic rings. The summed E-state index contributed by atoms with van der Waals surface area (Å²) in [6.07, 6.45) is 0. The fourth-order valence-electron chi connectivity index (χ4n) is 4.07. The predicted molar refractivity (Wildman–Crippen MR) is 132 cm³/mol. The molecule has 5 aromatic rings. The van der Waals surface area contributed by atoms with Crippen molar-refractivity contribution in [2.24, 2.45) is 0 Å². The molecule has 0 bridgehead atoms. The van der Waals surface area contributed by atoms with E-state index in [1.165, 1.54) is 0 Å². The summed E-state index contributed by atoms with van der Waals surface area (Å²) in [4.78, 5) is 0. The maximum Gasteiger partial charge on any atom is 0.219 e. The lowest BCUT2D eigenvalue weighted by Gasteiger charge is -2.13. The van der Waals surface area contributed by atoms with Crippen LogP contribution < -0.4 is 9.30 Å². The first-order valence-electron chi connectivity index (χ1n) is 10.9. The van der Waals surface area contributed by atoms with Crippen molar-refractivity contribution >= 4 is 0 Å². The molecule has 0 saturated carbocycles. The van der Waals surface area contributed by atoms with Gasteiger partial charge in [0.05, 0.1) is 7.11 Å². The van der Waals surface area contributed by atoms with Gasteiger partial charge in [-0.05, 0) is 59.7 Å². The molecule has 1 heterocycles. The molecule has 0 unspecified atom stereocenters. The van der Waals surface area contributed by atoms with E-state index >= 15 is 0 Å². The van der Waals surface area contributed by atoms with E-state index in [0.717, 1.165) is 45.1 Å². The Hall–Kier alpha value is -4.37. The molecule has 160 valence electrons. The van der Waals surface area contributed by atoms with Gasteiger partial charge in [0.2, 0.25) is 17.1 Å². The van der Waals surface area contributed by atoms with Crippen LogP contribution in [0.4, 0.5) is 0 Å². The van der Waals surface area contributed by atoms with Gasteiger partial charge in [-0.3, -0.25) is 0 Å². The molecule has 5 rings (SSSR count). The number of ether oxygens (including phenoxy) is 1. The third-order valence-electron chi connectivity index (χ3n) is 5.74. The topological polar surface area (TPSA) is 33.3 Å². The van der Waals surface area contributed by atoms with E-state index in [2.05, 4.69) is 77.4 Å². The van der Waals surface area contributed by atoms with Gasteiger partial charge in [-0.1, -0.05) is 48.5 Å². The summed E-state index contributed by atoms with van der Waals surface area (Å²) in [5.74, 6) is 1.06. The first-order valence-corrected chi connectivity index (χ1v) is 10.9. The van der Waals surface area contributed by atoms with Gasteiger partial charge in [0, 0.05) is 35.4 Å². The third-order valence-corrected chi connectivity index (χ3v) is 5.74. The molecular weight excluding hydrogens is 406 g/mol. The highest BCUT2D eigenvalue weighted by Gasteiger charge is 2.25. The Bertz CT molecular complexity index is 1360. The van der Waals surface area contributed by atoms with E-state index in [-0.39, 0.29) is 5.75 Å². The normalized spacial score (nSPS) is 10.7. The number of benzene rings is 4. The Morgan fingerprint density at radius 1 is 0.545 bits per heavy atom.